The largest absolute Gasteiger partial charge is 0.497 e. The van der Waals surface area contributed by atoms with Gasteiger partial charge in [-0.1, -0.05) is 35.5 Å². The lowest BCUT2D eigenvalue weighted by atomic mass is 10.1. The zero-order chi connectivity index (χ0) is 23.2. The zero-order valence-electron chi connectivity index (χ0n) is 19.1. The average Bonchev–Trinajstić information content (AvgIpc) is 3.48. The second-order valence-corrected chi connectivity index (χ2v) is 8.05. The van der Waals surface area contributed by atoms with Crippen LogP contribution in [0.15, 0.2) is 89.8 Å². The third-order valence-electron chi connectivity index (χ3n) is 5.72. The molecule has 0 fully saturated rings. The number of aromatic nitrogens is 1. The van der Waals surface area contributed by atoms with Crippen molar-refractivity contribution < 1.29 is 18.7 Å². The molecular formula is C27H27N3O4. The molecule has 174 valence electrons. The van der Waals surface area contributed by atoms with Crippen molar-refractivity contribution in [2.24, 2.45) is 0 Å². The topological polar surface area (TPSA) is 60.2 Å². The van der Waals surface area contributed by atoms with Crippen molar-refractivity contribution in [3.05, 3.63) is 90.8 Å². The van der Waals surface area contributed by atoms with Gasteiger partial charge >= 0.3 is 0 Å². The van der Waals surface area contributed by atoms with Gasteiger partial charge in [0, 0.05) is 43.7 Å². The number of hydrogen-bond donors (Lipinski definition) is 0. The van der Waals surface area contributed by atoms with Gasteiger partial charge in [-0.15, -0.1) is 0 Å². The van der Waals surface area contributed by atoms with Gasteiger partial charge in [0.2, 0.25) is 12.7 Å². The van der Waals surface area contributed by atoms with E-state index in [1.165, 1.54) is 0 Å². The number of allylic oxidation sites excluding steroid dienone is 4. The molecule has 0 spiro atoms. The minimum Gasteiger partial charge on any atom is -0.497 e. The number of ether oxygens (including phenoxy) is 3. The number of rotatable bonds is 9. The van der Waals surface area contributed by atoms with Crippen molar-refractivity contribution in [3.63, 3.8) is 0 Å². The predicted molar refractivity (Wildman–Crippen MR) is 131 cm³/mol. The molecule has 34 heavy (non-hydrogen) atoms. The Bertz CT molecular complexity index is 1200. The SMILES string of the molecule is COc1cccc(-c2cc(N(CCCN3C=CC=CC=C3)Cc3ccc4c(c3)OCO4)on2)c1. The summed E-state index contributed by atoms with van der Waals surface area (Å²) in [5.74, 6) is 3.06. The lowest BCUT2D eigenvalue weighted by Gasteiger charge is -2.23. The van der Waals surface area contributed by atoms with Crippen LogP contribution in [0.1, 0.15) is 12.0 Å². The van der Waals surface area contributed by atoms with Gasteiger partial charge in [-0.2, -0.15) is 0 Å². The Labute approximate surface area is 199 Å². The van der Waals surface area contributed by atoms with Crippen LogP contribution in [0.2, 0.25) is 0 Å². The molecule has 3 aromatic rings. The summed E-state index contributed by atoms with van der Waals surface area (Å²) in [6.45, 7) is 2.62. The average molecular weight is 458 g/mol. The molecule has 7 nitrogen and oxygen atoms in total. The Morgan fingerprint density at radius 2 is 1.82 bits per heavy atom. The molecule has 7 heteroatoms. The van der Waals surface area contributed by atoms with E-state index in [-0.39, 0.29) is 6.79 Å². The van der Waals surface area contributed by atoms with Crippen LogP contribution in [-0.4, -0.2) is 37.0 Å². The highest BCUT2D eigenvalue weighted by Gasteiger charge is 2.18. The first-order chi connectivity index (χ1) is 16.8. The van der Waals surface area contributed by atoms with Crippen molar-refractivity contribution >= 4 is 5.88 Å². The zero-order valence-corrected chi connectivity index (χ0v) is 19.1. The van der Waals surface area contributed by atoms with Crippen LogP contribution in [0.5, 0.6) is 17.2 Å². The Kier molecular flexibility index (Phi) is 6.52. The van der Waals surface area contributed by atoms with Crippen LogP contribution in [0.4, 0.5) is 5.88 Å². The Balaban J connectivity index is 1.34. The number of fused-ring (bicyclic) bond motifs is 1. The van der Waals surface area contributed by atoms with Crippen molar-refractivity contribution in [2.45, 2.75) is 13.0 Å². The van der Waals surface area contributed by atoms with Crippen molar-refractivity contribution in [1.29, 1.82) is 0 Å². The fourth-order valence-corrected chi connectivity index (χ4v) is 3.95. The monoisotopic (exact) mass is 457 g/mol. The van der Waals surface area contributed by atoms with Gasteiger partial charge in [-0.3, -0.25) is 0 Å². The quantitative estimate of drug-likeness (QED) is 0.428. The highest BCUT2D eigenvalue weighted by atomic mass is 16.7. The van der Waals surface area contributed by atoms with Gasteiger partial charge < -0.3 is 28.5 Å². The number of hydrogen-bond acceptors (Lipinski definition) is 7. The molecule has 0 saturated carbocycles. The van der Waals surface area contributed by atoms with E-state index in [0.717, 1.165) is 59.5 Å². The summed E-state index contributed by atoms with van der Waals surface area (Å²) in [5, 5.41) is 4.33. The van der Waals surface area contributed by atoms with E-state index in [9.17, 15) is 0 Å². The highest BCUT2D eigenvalue weighted by Crippen LogP contribution is 2.34. The molecule has 0 saturated heterocycles. The minimum absolute atomic E-state index is 0.264. The van der Waals surface area contributed by atoms with Gasteiger partial charge in [0.25, 0.3) is 0 Å². The Morgan fingerprint density at radius 1 is 0.971 bits per heavy atom. The summed E-state index contributed by atoms with van der Waals surface area (Å²) in [4.78, 5) is 4.39. The summed E-state index contributed by atoms with van der Waals surface area (Å²) in [5.41, 5.74) is 2.83. The molecule has 1 aromatic heterocycles. The van der Waals surface area contributed by atoms with Crippen molar-refractivity contribution in [2.75, 3.05) is 31.9 Å². The molecule has 5 rings (SSSR count). The molecule has 3 heterocycles. The van der Waals surface area contributed by atoms with E-state index >= 15 is 0 Å². The van der Waals surface area contributed by atoms with E-state index in [1.54, 1.807) is 7.11 Å². The van der Waals surface area contributed by atoms with Crippen LogP contribution in [0, 0.1) is 0 Å². The van der Waals surface area contributed by atoms with Crippen molar-refractivity contribution in [3.8, 4) is 28.5 Å². The Hall–Kier alpha value is -4.13. The third-order valence-corrected chi connectivity index (χ3v) is 5.72. The highest BCUT2D eigenvalue weighted by molar-refractivity contribution is 5.64. The molecule has 2 aliphatic heterocycles. The number of nitrogens with zero attached hydrogens (tertiary/aromatic N) is 3. The molecular weight excluding hydrogens is 430 g/mol. The minimum atomic E-state index is 0.264. The van der Waals surface area contributed by atoms with Gasteiger partial charge in [-0.25, -0.2) is 0 Å². The molecule has 0 amide bonds. The first kappa shape index (κ1) is 21.7. The summed E-state index contributed by atoms with van der Waals surface area (Å²) in [7, 11) is 1.66. The molecule has 0 aliphatic carbocycles. The van der Waals surface area contributed by atoms with Crippen LogP contribution >= 0.6 is 0 Å². The van der Waals surface area contributed by atoms with E-state index in [0.29, 0.717) is 6.54 Å². The second-order valence-electron chi connectivity index (χ2n) is 8.05. The Morgan fingerprint density at radius 3 is 2.68 bits per heavy atom. The van der Waals surface area contributed by atoms with Crippen LogP contribution < -0.4 is 19.1 Å². The molecule has 0 bridgehead atoms. The molecule has 0 atom stereocenters. The van der Waals surface area contributed by atoms with Crippen LogP contribution in [-0.2, 0) is 6.54 Å². The van der Waals surface area contributed by atoms with E-state index in [1.807, 2.05) is 66.8 Å². The summed E-state index contributed by atoms with van der Waals surface area (Å²) in [6, 6.07) is 15.8. The first-order valence-electron chi connectivity index (χ1n) is 11.3. The van der Waals surface area contributed by atoms with E-state index in [4.69, 9.17) is 18.7 Å². The van der Waals surface area contributed by atoms with Crippen LogP contribution in [0.3, 0.4) is 0 Å². The standard InChI is InChI=1S/C27H27N3O4/c1-31-23-9-6-8-22(17-23)24-18-27(34-28-24)30(15-7-14-29-12-4-2-3-5-13-29)19-21-10-11-25-26(16-21)33-20-32-25/h2-6,8-13,16-18H,7,14-15,19-20H2,1H3. The van der Waals surface area contributed by atoms with Gasteiger partial charge in [0.15, 0.2) is 11.5 Å². The fraction of sp³-hybridized carbons (Fsp3) is 0.222. The molecule has 2 aliphatic rings. The summed E-state index contributed by atoms with van der Waals surface area (Å²) >= 11 is 0. The maximum absolute atomic E-state index is 5.81. The lowest BCUT2D eigenvalue weighted by Crippen LogP contribution is -2.26. The lowest BCUT2D eigenvalue weighted by molar-refractivity contribution is 0.174. The smallest absolute Gasteiger partial charge is 0.231 e. The second kappa shape index (κ2) is 10.2. The van der Waals surface area contributed by atoms with Gasteiger partial charge in [0.1, 0.15) is 11.4 Å². The fourth-order valence-electron chi connectivity index (χ4n) is 3.95. The summed E-state index contributed by atoms with van der Waals surface area (Å²) < 4.78 is 22.2. The maximum Gasteiger partial charge on any atom is 0.231 e. The first-order valence-corrected chi connectivity index (χ1v) is 11.3. The van der Waals surface area contributed by atoms with E-state index < -0.39 is 0 Å². The van der Waals surface area contributed by atoms with Crippen molar-refractivity contribution in [1.82, 2.24) is 10.1 Å². The number of benzene rings is 2. The molecule has 0 unspecified atom stereocenters. The van der Waals surface area contributed by atoms with Gasteiger partial charge in [0.05, 0.1) is 7.11 Å². The molecule has 0 radical (unpaired) electrons. The number of anilines is 1. The molecule has 0 N–H and O–H groups in total. The third kappa shape index (κ3) is 5.09. The summed E-state index contributed by atoms with van der Waals surface area (Å²) in [6.07, 6.45) is 13.2. The number of methoxy groups -OCH3 is 1. The normalized spacial score (nSPS) is 13.9. The van der Waals surface area contributed by atoms with Crippen LogP contribution in [0.25, 0.3) is 11.3 Å². The van der Waals surface area contributed by atoms with E-state index in [2.05, 4.69) is 33.4 Å². The molecule has 2 aromatic carbocycles. The van der Waals surface area contributed by atoms with Gasteiger partial charge in [-0.05, 0) is 48.4 Å². The maximum atomic E-state index is 5.81. The predicted octanol–water partition coefficient (Wildman–Crippen LogP) is 5.37.